The third-order valence-electron chi connectivity index (χ3n) is 15.8. The summed E-state index contributed by atoms with van der Waals surface area (Å²) in [5, 5.41) is 27.2. The van der Waals surface area contributed by atoms with E-state index >= 15 is 0 Å². The molecule has 0 aliphatic heterocycles. The molecule has 0 saturated heterocycles. The van der Waals surface area contributed by atoms with Gasteiger partial charge in [-0.25, -0.2) is 0 Å². The highest BCUT2D eigenvalue weighted by Gasteiger charge is 2.24. The number of furan rings is 1. The van der Waals surface area contributed by atoms with Gasteiger partial charge in [-0.2, -0.15) is 0 Å². The summed E-state index contributed by atoms with van der Waals surface area (Å²) in [6.07, 6.45) is 0. The van der Waals surface area contributed by atoms with Gasteiger partial charge in [0.2, 0.25) is 0 Å². The Balaban J connectivity index is 0.951. The Labute approximate surface area is 408 Å². The zero-order valence-corrected chi connectivity index (χ0v) is 38.5. The van der Waals surface area contributed by atoms with Crippen LogP contribution in [-0.4, -0.2) is 0 Å². The quantitative estimate of drug-likeness (QED) is 0.127. The SMILES string of the molecule is c1ccc2c(c1)ccc1cc(-c3c4ccccc4c(-c4c5ccccc5c(-c5ccc6c(c5)c5ccccc5c5cc7c(cc65)oc5ccc6ccccc6c57)c5ccccc45)c4ccccc34)ccc12. The van der Waals surface area contributed by atoms with Crippen LogP contribution in [0, 0.1) is 0 Å². The largest absolute Gasteiger partial charge is 0.456 e. The fraction of sp³-hybridized carbons (Fsp3) is 0. The van der Waals surface area contributed by atoms with Gasteiger partial charge in [-0.3, -0.25) is 0 Å². The normalized spacial score (nSPS) is 12.2. The van der Waals surface area contributed by atoms with Crippen LogP contribution in [-0.2, 0) is 0 Å². The maximum Gasteiger partial charge on any atom is 0.136 e. The van der Waals surface area contributed by atoms with Crippen molar-refractivity contribution >= 4 is 130 Å². The third kappa shape index (κ3) is 5.46. The zero-order chi connectivity index (χ0) is 46.3. The topological polar surface area (TPSA) is 13.1 Å². The molecule has 0 unspecified atom stereocenters. The highest BCUT2D eigenvalue weighted by Crippen LogP contribution is 2.51. The molecule has 16 aromatic rings. The van der Waals surface area contributed by atoms with Crippen LogP contribution in [0.2, 0.25) is 0 Å². The van der Waals surface area contributed by atoms with Crippen molar-refractivity contribution in [2.24, 2.45) is 0 Å². The standard InChI is InChI=1S/C70H40O/c1-3-17-46-41(15-1)29-30-43-37-44(31-34-47(43)46)66-52-21-7-11-25-56(52)69(57-26-12-8-22-53(57)66)70-58-27-13-9-23-54(58)67(55-24-10-14-28-59(55)70)45-32-35-51-60(38-45)49-19-5-6-20-50(49)61-39-63-65(40-62(51)61)71-64-36-33-42-16-2-4-18-48(42)68(63)64/h1-40H. The number of rotatable bonds is 3. The van der Waals surface area contributed by atoms with Crippen molar-refractivity contribution in [3.63, 3.8) is 0 Å². The average molecular weight is 897 g/mol. The Morgan fingerprint density at radius 1 is 0.183 bits per heavy atom. The summed E-state index contributed by atoms with van der Waals surface area (Å²) < 4.78 is 6.68. The highest BCUT2D eigenvalue weighted by molar-refractivity contribution is 6.33. The molecule has 1 heterocycles. The van der Waals surface area contributed by atoms with Gasteiger partial charge in [-0.1, -0.05) is 212 Å². The predicted molar refractivity (Wildman–Crippen MR) is 305 cm³/mol. The first-order valence-corrected chi connectivity index (χ1v) is 24.7. The Kier molecular flexibility index (Phi) is 7.95. The van der Waals surface area contributed by atoms with Crippen LogP contribution in [0.1, 0.15) is 0 Å². The summed E-state index contributed by atoms with van der Waals surface area (Å²) in [7, 11) is 0. The van der Waals surface area contributed by atoms with Crippen LogP contribution in [0.3, 0.4) is 0 Å². The molecule has 0 aliphatic carbocycles. The second kappa shape index (κ2) is 14.6. The molecule has 0 bridgehead atoms. The van der Waals surface area contributed by atoms with Gasteiger partial charge in [0, 0.05) is 10.8 Å². The van der Waals surface area contributed by atoms with Gasteiger partial charge in [-0.05, 0) is 171 Å². The second-order valence-corrected chi connectivity index (χ2v) is 19.4. The summed E-state index contributed by atoms with van der Waals surface area (Å²) in [5.74, 6) is 0. The van der Waals surface area contributed by atoms with Crippen molar-refractivity contribution < 1.29 is 4.42 Å². The van der Waals surface area contributed by atoms with Crippen molar-refractivity contribution in [3.8, 4) is 33.4 Å². The van der Waals surface area contributed by atoms with E-state index in [0.717, 1.165) is 16.6 Å². The molecule has 326 valence electrons. The first-order chi connectivity index (χ1) is 35.2. The zero-order valence-electron chi connectivity index (χ0n) is 38.5. The van der Waals surface area contributed by atoms with Crippen molar-refractivity contribution in [2.45, 2.75) is 0 Å². The monoisotopic (exact) mass is 896 g/mol. The number of hydrogen-bond donors (Lipinski definition) is 0. The first-order valence-electron chi connectivity index (χ1n) is 24.7. The van der Waals surface area contributed by atoms with Crippen LogP contribution in [0.15, 0.2) is 247 Å². The minimum Gasteiger partial charge on any atom is -0.456 e. The Hall–Kier alpha value is -9.30. The van der Waals surface area contributed by atoms with Gasteiger partial charge >= 0.3 is 0 Å². The van der Waals surface area contributed by atoms with E-state index in [4.69, 9.17) is 4.42 Å². The van der Waals surface area contributed by atoms with E-state index in [-0.39, 0.29) is 0 Å². The van der Waals surface area contributed by atoms with Crippen molar-refractivity contribution in [2.75, 3.05) is 0 Å². The molecular formula is C70H40O. The summed E-state index contributed by atoms with van der Waals surface area (Å²) in [6, 6.07) is 90.3. The first kappa shape index (κ1) is 38.6. The fourth-order valence-corrected chi connectivity index (χ4v) is 12.7. The molecule has 1 heteroatoms. The Morgan fingerprint density at radius 2 is 0.549 bits per heavy atom. The second-order valence-electron chi connectivity index (χ2n) is 19.4. The number of benzene rings is 15. The smallest absolute Gasteiger partial charge is 0.136 e. The van der Waals surface area contributed by atoms with Crippen molar-refractivity contribution in [1.29, 1.82) is 0 Å². The van der Waals surface area contributed by atoms with E-state index < -0.39 is 0 Å². The molecule has 0 amide bonds. The number of fused-ring (bicyclic) bond motifs is 18. The predicted octanol–water partition coefficient (Wildman–Crippen LogP) is 20.1. The van der Waals surface area contributed by atoms with Gasteiger partial charge in [0.1, 0.15) is 11.2 Å². The van der Waals surface area contributed by atoms with Crippen LogP contribution in [0.5, 0.6) is 0 Å². The average Bonchev–Trinajstić information content (AvgIpc) is 3.81. The lowest BCUT2D eigenvalue weighted by Crippen LogP contribution is -1.95. The van der Waals surface area contributed by atoms with Crippen LogP contribution in [0.25, 0.3) is 163 Å². The van der Waals surface area contributed by atoms with Gasteiger partial charge in [0.25, 0.3) is 0 Å². The lowest BCUT2D eigenvalue weighted by molar-refractivity contribution is 0.670. The van der Waals surface area contributed by atoms with E-state index in [1.165, 1.54) is 146 Å². The summed E-state index contributed by atoms with van der Waals surface area (Å²) in [6.45, 7) is 0. The summed E-state index contributed by atoms with van der Waals surface area (Å²) >= 11 is 0. The van der Waals surface area contributed by atoms with E-state index in [1.54, 1.807) is 0 Å². The number of hydrogen-bond acceptors (Lipinski definition) is 1. The molecular weight excluding hydrogens is 857 g/mol. The van der Waals surface area contributed by atoms with E-state index in [1.807, 2.05) is 0 Å². The lowest BCUT2D eigenvalue weighted by Gasteiger charge is -2.22. The molecule has 71 heavy (non-hydrogen) atoms. The van der Waals surface area contributed by atoms with Crippen LogP contribution < -0.4 is 0 Å². The van der Waals surface area contributed by atoms with Gasteiger partial charge < -0.3 is 4.42 Å². The molecule has 1 aromatic heterocycles. The molecule has 0 N–H and O–H groups in total. The van der Waals surface area contributed by atoms with Gasteiger partial charge in [0.05, 0.1) is 0 Å². The van der Waals surface area contributed by atoms with Crippen LogP contribution >= 0.6 is 0 Å². The molecule has 0 spiro atoms. The molecule has 1 nitrogen and oxygen atoms in total. The van der Waals surface area contributed by atoms with Crippen LogP contribution in [0.4, 0.5) is 0 Å². The lowest BCUT2D eigenvalue weighted by atomic mass is 9.80. The maximum atomic E-state index is 6.68. The molecule has 15 aromatic carbocycles. The Morgan fingerprint density at radius 3 is 1.11 bits per heavy atom. The molecule has 0 fully saturated rings. The van der Waals surface area contributed by atoms with Crippen molar-refractivity contribution in [1.82, 2.24) is 0 Å². The molecule has 16 rings (SSSR count). The van der Waals surface area contributed by atoms with Gasteiger partial charge in [0.15, 0.2) is 0 Å². The van der Waals surface area contributed by atoms with E-state index in [2.05, 4.69) is 243 Å². The highest BCUT2D eigenvalue weighted by atomic mass is 16.3. The van der Waals surface area contributed by atoms with Gasteiger partial charge in [-0.15, -0.1) is 0 Å². The minimum absolute atomic E-state index is 0.913. The third-order valence-corrected chi connectivity index (χ3v) is 15.8. The molecule has 0 radical (unpaired) electrons. The minimum atomic E-state index is 0.913. The fourth-order valence-electron chi connectivity index (χ4n) is 12.7. The van der Waals surface area contributed by atoms with Crippen molar-refractivity contribution in [3.05, 3.63) is 243 Å². The Bertz CT molecular complexity index is 4880. The maximum absolute atomic E-state index is 6.68. The summed E-state index contributed by atoms with van der Waals surface area (Å²) in [4.78, 5) is 0. The van der Waals surface area contributed by atoms with E-state index in [0.29, 0.717) is 0 Å². The van der Waals surface area contributed by atoms with E-state index in [9.17, 15) is 0 Å². The molecule has 0 aliphatic rings. The molecule has 0 atom stereocenters. The molecule has 0 saturated carbocycles. The summed E-state index contributed by atoms with van der Waals surface area (Å²) in [5.41, 5.74) is 9.31.